The van der Waals surface area contributed by atoms with Crippen LogP contribution in [0.5, 0.6) is 0 Å². The lowest BCUT2D eigenvalue weighted by atomic mass is 10.1. The summed E-state index contributed by atoms with van der Waals surface area (Å²) in [6.07, 6.45) is 3.50. The van der Waals surface area contributed by atoms with E-state index < -0.39 is 0 Å². The third kappa shape index (κ3) is 5.13. The van der Waals surface area contributed by atoms with Crippen LogP contribution in [0.15, 0.2) is 54.6 Å². The molecule has 4 heteroatoms. The van der Waals surface area contributed by atoms with Crippen LogP contribution in [0.3, 0.4) is 0 Å². The van der Waals surface area contributed by atoms with Crippen LogP contribution in [0.1, 0.15) is 36.4 Å². The van der Waals surface area contributed by atoms with Crippen molar-refractivity contribution in [3.05, 3.63) is 71.5 Å². The molecule has 25 heavy (non-hydrogen) atoms. The topological polar surface area (TPSA) is 32.3 Å². The van der Waals surface area contributed by atoms with Gasteiger partial charge in [-0.05, 0) is 55.6 Å². The van der Waals surface area contributed by atoms with Crippen molar-refractivity contribution in [1.82, 2.24) is 10.2 Å². The number of hydrogen-bond acceptors (Lipinski definition) is 2. The first kappa shape index (κ1) is 17.6. The predicted octanol–water partition coefficient (Wildman–Crippen LogP) is 3.71. The van der Waals surface area contributed by atoms with Gasteiger partial charge in [-0.2, -0.15) is 0 Å². The van der Waals surface area contributed by atoms with Crippen molar-refractivity contribution in [3.8, 4) is 0 Å². The fourth-order valence-electron chi connectivity index (χ4n) is 3.39. The van der Waals surface area contributed by atoms with Crippen LogP contribution in [0, 0.1) is 5.82 Å². The predicted molar refractivity (Wildman–Crippen MR) is 97.7 cm³/mol. The first-order valence-corrected chi connectivity index (χ1v) is 9.02. The molecule has 2 aromatic carbocycles. The third-order valence-corrected chi connectivity index (χ3v) is 4.81. The molecule has 1 heterocycles. The van der Waals surface area contributed by atoms with Crippen LogP contribution in [0.4, 0.5) is 4.39 Å². The Hall–Kier alpha value is -2.20. The molecule has 1 fully saturated rings. The normalized spacial score (nSPS) is 15.9. The monoisotopic (exact) mass is 340 g/mol. The van der Waals surface area contributed by atoms with E-state index in [1.54, 1.807) is 12.1 Å². The Morgan fingerprint density at radius 2 is 1.72 bits per heavy atom. The van der Waals surface area contributed by atoms with Gasteiger partial charge in [0.05, 0.1) is 6.04 Å². The van der Waals surface area contributed by atoms with Gasteiger partial charge < -0.3 is 5.32 Å². The number of likely N-dealkylation sites (tertiary alicyclic amines) is 1. The van der Waals surface area contributed by atoms with E-state index >= 15 is 0 Å². The van der Waals surface area contributed by atoms with Gasteiger partial charge in [0.25, 0.3) is 0 Å². The quantitative estimate of drug-likeness (QED) is 0.833. The fourth-order valence-corrected chi connectivity index (χ4v) is 3.39. The van der Waals surface area contributed by atoms with E-state index in [1.165, 1.54) is 30.5 Å². The number of aryl methyl sites for hydroxylation is 1. The smallest absolute Gasteiger partial charge is 0.220 e. The molecule has 1 aliphatic rings. The maximum Gasteiger partial charge on any atom is 0.220 e. The van der Waals surface area contributed by atoms with Crippen molar-refractivity contribution in [1.29, 1.82) is 0 Å². The van der Waals surface area contributed by atoms with Gasteiger partial charge in [0, 0.05) is 13.0 Å². The zero-order chi connectivity index (χ0) is 17.5. The minimum Gasteiger partial charge on any atom is -0.354 e. The molecule has 1 amide bonds. The zero-order valence-electron chi connectivity index (χ0n) is 14.5. The molecule has 1 N–H and O–H groups in total. The number of halogens is 1. The van der Waals surface area contributed by atoms with E-state index in [4.69, 9.17) is 0 Å². The van der Waals surface area contributed by atoms with Crippen LogP contribution in [0.25, 0.3) is 0 Å². The van der Waals surface area contributed by atoms with Gasteiger partial charge in [0.1, 0.15) is 5.82 Å². The summed E-state index contributed by atoms with van der Waals surface area (Å²) < 4.78 is 12.9. The molecule has 1 saturated heterocycles. The molecule has 3 nitrogen and oxygen atoms in total. The van der Waals surface area contributed by atoms with Gasteiger partial charge in [0.2, 0.25) is 5.91 Å². The Kier molecular flexibility index (Phi) is 6.18. The van der Waals surface area contributed by atoms with E-state index in [1.807, 2.05) is 6.07 Å². The van der Waals surface area contributed by atoms with Crippen LogP contribution in [-0.2, 0) is 11.2 Å². The number of nitrogens with zero attached hydrogens (tertiary/aromatic N) is 1. The van der Waals surface area contributed by atoms with Crippen molar-refractivity contribution in [3.63, 3.8) is 0 Å². The summed E-state index contributed by atoms with van der Waals surface area (Å²) in [6.45, 7) is 2.81. The Balaban J connectivity index is 1.53. The van der Waals surface area contributed by atoms with Crippen molar-refractivity contribution in [2.24, 2.45) is 0 Å². The van der Waals surface area contributed by atoms with Gasteiger partial charge in [-0.15, -0.1) is 0 Å². The standard InChI is InChI=1S/C21H25FN2O/c22-19-11-8-17(9-12-19)10-13-21(25)23-16-20(24-14-4-5-15-24)18-6-2-1-3-7-18/h1-3,6-9,11-12,20H,4-5,10,13-16H2,(H,23,25). The molecule has 0 bridgehead atoms. The Morgan fingerprint density at radius 1 is 1.04 bits per heavy atom. The summed E-state index contributed by atoms with van der Waals surface area (Å²) in [7, 11) is 0. The lowest BCUT2D eigenvalue weighted by molar-refractivity contribution is -0.121. The Bertz CT molecular complexity index is 666. The summed E-state index contributed by atoms with van der Waals surface area (Å²) in [5.41, 5.74) is 2.24. The highest BCUT2D eigenvalue weighted by molar-refractivity contribution is 5.76. The fraction of sp³-hybridized carbons (Fsp3) is 0.381. The van der Waals surface area contributed by atoms with Gasteiger partial charge in [-0.1, -0.05) is 42.5 Å². The van der Waals surface area contributed by atoms with Crippen LogP contribution >= 0.6 is 0 Å². The number of nitrogens with one attached hydrogen (secondary N) is 1. The molecule has 132 valence electrons. The molecule has 1 aliphatic heterocycles. The summed E-state index contributed by atoms with van der Waals surface area (Å²) in [5.74, 6) is -0.200. The lowest BCUT2D eigenvalue weighted by Crippen LogP contribution is -2.36. The first-order valence-electron chi connectivity index (χ1n) is 9.02. The summed E-state index contributed by atoms with van der Waals surface area (Å²) in [6, 6.07) is 17.0. The molecule has 0 aliphatic carbocycles. The van der Waals surface area contributed by atoms with E-state index in [0.717, 1.165) is 18.7 Å². The number of carbonyl (C=O) groups excluding carboxylic acids is 1. The van der Waals surface area contributed by atoms with Gasteiger partial charge in [0.15, 0.2) is 0 Å². The van der Waals surface area contributed by atoms with Gasteiger partial charge in [-0.3, -0.25) is 9.69 Å². The Labute approximate surface area is 148 Å². The van der Waals surface area contributed by atoms with Gasteiger partial charge >= 0.3 is 0 Å². The third-order valence-electron chi connectivity index (χ3n) is 4.81. The molecule has 0 radical (unpaired) electrons. The molecular formula is C21H25FN2O. The molecule has 0 aromatic heterocycles. The van der Waals surface area contributed by atoms with E-state index in [0.29, 0.717) is 19.4 Å². The summed E-state index contributed by atoms with van der Waals surface area (Å²) >= 11 is 0. The number of rotatable bonds is 7. The second-order valence-electron chi connectivity index (χ2n) is 6.60. The number of amides is 1. The second kappa shape index (κ2) is 8.77. The highest BCUT2D eigenvalue weighted by atomic mass is 19.1. The molecule has 1 atom stereocenters. The summed E-state index contributed by atoms with van der Waals surface area (Å²) in [4.78, 5) is 14.7. The average Bonchev–Trinajstić information content (AvgIpc) is 3.17. The van der Waals surface area contributed by atoms with Crippen molar-refractivity contribution < 1.29 is 9.18 Å². The van der Waals surface area contributed by atoms with Crippen molar-refractivity contribution in [2.75, 3.05) is 19.6 Å². The van der Waals surface area contributed by atoms with Crippen LogP contribution in [-0.4, -0.2) is 30.4 Å². The summed E-state index contributed by atoms with van der Waals surface area (Å²) in [5, 5.41) is 3.09. The molecule has 3 rings (SSSR count). The first-order chi connectivity index (χ1) is 12.2. The largest absolute Gasteiger partial charge is 0.354 e. The zero-order valence-corrected chi connectivity index (χ0v) is 14.5. The maximum atomic E-state index is 12.9. The molecule has 1 unspecified atom stereocenters. The second-order valence-corrected chi connectivity index (χ2v) is 6.60. The van der Waals surface area contributed by atoms with Crippen molar-refractivity contribution in [2.45, 2.75) is 31.7 Å². The lowest BCUT2D eigenvalue weighted by Gasteiger charge is -2.28. The highest BCUT2D eigenvalue weighted by Crippen LogP contribution is 2.24. The van der Waals surface area contributed by atoms with Crippen molar-refractivity contribution >= 4 is 5.91 Å². The number of benzene rings is 2. The molecule has 0 saturated carbocycles. The van der Waals surface area contributed by atoms with E-state index in [9.17, 15) is 9.18 Å². The molecular weight excluding hydrogens is 315 g/mol. The average molecular weight is 340 g/mol. The van der Waals surface area contributed by atoms with Gasteiger partial charge in [-0.25, -0.2) is 4.39 Å². The van der Waals surface area contributed by atoms with E-state index in [-0.39, 0.29) is 17.8 Å². The SMILES string of the molecule is O=C(CCc1ccc(F)cc1)NCC(c1ccccc1)N1CCCC1. The minimum absolute atomic E-state index is 0.0458. The highest BCUT2D eigenvalue weighted by Gasteiger charge is 2.23. The minimum atomic E-state index is -0.246. The maximum absolute atomic E-state index is 12.9. The molecule has 2 aromatic rings. The number of hydrogen-bond donors (Lipinski definition) is 1. The van der Waals surface area contributed by atoms with Crippen LogP contribution in [0.2, 0.25) is 0 Å². The van der Waals surface area contributed by atoms with Crippen LogP contribution < -0.4 is 5.32 Å². The van der Waals surface area contributed by atoms with E-state index in [2.05, 4.69) is 34.5 Å². The molecule has 0 spiro atoms. The Morgan fingerprint density at radius 3 is 2.40 bits per heavy atom. The number of carbonyl (C=O) groups is 1.